The number of anilines is 1. The lowest BCUT2D eigenvalue weighted by Crippen LogP contribution is -2.40. The van der Waals surface area contributed by atoms with Gasteiger partial charge in [-0.05, 0) is 60.6 Å². The van der Waals surface area contributed by atoms with Crippen molar-refractivity contribution in [1.82, 2.24) is 4.90 Å². The van der Waals surface area contributed by atoms with Crippen LogP contribution in [0.2, 0.25) is 0 Å². The number of nitrogens with one attached hydrogen (secondary N) is 1. The molecule has 1 aromatic carbocycles. The van der Waals surface area contributed by atoms with E-state index in [0.717, 1.165) is 16.7 Å². The Hall–Kier alpha value is -1.05. The van der Waals surface area contributed by atoms with Crippen molar-refractivity contribution in [3.8, 4) is 6.07 Å². The fraction of sp³-hybridized carbons (Fsp3) is 0.500. The predicted molar refractivity (Wildman–Crippen MR) is 77.6 cm³/mol. The van der Waals surface area contributed by atoms with E-state index < -0.39 is 0 Å². The normalized spacial score (nSPS) is 20.4. The molecule has 4 heteroatoms. The van der Waals surface area contributed by atoms with Crippen LogP contribution in [0.5, 0.6) is 0 Å². The fourth-order valence-corrected chi connectivity index (χ4v) is 2.88. The summed E-state index contributed by atoms with van der Waals surface area (Å²) in [5.41, 5.74) is 1.75. The minimum atomic E-state index is 0.612. The summed E-state index contributed by atoms with van der Waals surface area (Å²) in [6.45, 7) is 2.15. The van der Waals surface area contributed by atoms with E-state index in [1.165, 1.54) is 25.8 Å². The summed E-state index contributed by atoms with van der Waals surface area (Å²) in [6.07, 6.45) is 3.90. The Morgan fingerprint density at radius 1 is 1.50 bits per heavy atom. The Morgan fingerprint density at radius 2 is 2.33 bits per heavy atom. The summed E-state index contributed by atoms with van der Waals surface area (Å²) >= 11 is 3.50. The Morgan fingerprint density at radius 3 is 3.00 bits per heavy atom. The minimum absolute atomic E-state index is 0.612. The molecule has 0 amide bonds. The van der Waals surface area contributed by atoms with Crippen molar-refractivity contribution in [2.45, 2.75) is 25.3 Å². The van der Waals surface area contributed by atoms with Crippen LogP contribution in [0.1, 0.15) is 24.8 Å². The number of piperidine rings is 1. The van der Waals surface area contributed by atoms with Crippen molar-refractivity contribution in [2.24, 2.45) is 0 Å². The maximum absolute atomic E-state index is 8.82. The number of benzene rings is 1. The Bertz CT molecular complexity index is 453. The molecule has 2 rings (SSSR count). The molecule has 1 aromatic rings. The van der Waals surface area contributed by atoms with Gasteiger partial charge in [0.2, 0.25) is 0 Å². The van der Waals surface area contributed by atoms with Crippen molar-refractivity contribution in [3.63, 3.8) is 0 Å². The van der Waals surface area contributed by atoms with Gasteiger partial charge in [-0.15, -0.1) is 0 Å². The van der Waals surface area contributed by atoms with E-state index in [-0.39, 0.29) is 0 Å². The summed E-state index contributed by atoms with van der Waals surface area (Å²) in [6, 6.07) is 8.42. The molecule has 96 valence electrons. The highest BCUT2D eigenvalue weighted by molar-refractivity contribution is 9.10. The van der Waals surface area contributed by atoms with Gasteiger partial charge in [-0.2, -0.15) is 5.26 Å². The highest BCUT2D eigenvalue weighted by Gasteiger charge is 2.18. The zero-order valence-electron chi connectivity index (χ0n) is 10.6. The zero-order valence-corrected chi connectivity index (χ0v) is 12.2. The first kappa shape index (κ1) is 13.4. The zero-order chi connectivity index (χ0) is 13.0. The molecule has 1 aliphatic rings. The number of hydrogen-bond acceptors (Lipinski definition) is 3. The molecule has 1 saturated heterocycles. The summed E-state index contributed by atoms with van der Waals surface area (Å²) < 4.78 is 0.958. The molecule has 1 aliphatic heterocycles. The maximum atomic E-state index is 8.82. The number of nitriles is 1. The first-order valence-electron chi connectivity index (χ1n) is 6.34. The third kappa shape index (κ3) is 3.24. The predicted octanol–water partition coefficient (Wildman–Crippen LogP) is 3.22. The largest absolute Gasteiger partial charge is 0.383 e. The van der Waals surface area contributed by atoms with Gasteiger partial charge < -0.3 is 10.2 Å². The average Bonchev–Trinajstić information content (AvgIpc) is 2.39. The van der Waals surface area contributed by atoms with Crippen LogP contribution in [0.15, 0.2) is 22.7 Å². The number of hydrogen-bond donors (Lipinski definition) is 1. The second-order valence-electron chi connectivity index (χ2n) is 4.82. The average molecular weight is 308 g/mol. The van der Waals surface area contributed by atoms with Crippen LogP contribution in [-0.4, -0.2) is 31.1 Å². The molecule has 3 nitrogen and oxygen atoms in total. The second-order valence-corrected chi connectivity index (χ2v) is 5.67. The molecule has 1 N–H and O–H groups in total. The number of likely N-dealkylation sites (N-methyl/N-ethyl adjacent to an activating group) is 1. The van der Waals surface area contributed by atoms with E-state index in [1.54, 1.807) is 0 Å². The molecule has 0 saturated carbocycles. The quantitative estimate of drug-likeness (QED) is 0.932. The van der Waals surface area contributed by atoms with Gasteiger partial charge in [0.25, 0.3) is 0 Å². The SMILES string of the molecule is CN1CCCCC1CNc1ccc(C#N)cc1Br. The van der Waals surface area contributed by atoms with E-state index in [1.807, 2.05) is 18.2 Å². The van der Waals surface area contributed by atoms with E-state index in [4.69, 9.17) is 5.26 Å². The standard InChI is InChI=1S/C14H18BrN3/c1-18-7-3-2-4-12(18)10-17-14-6-5-11(9-16)8-13(14)15/h5-6,8,12,17H,2-4,7,10H2,1H3. The molecule has 0 aromatic heterocycles. The number of likely N-dealkylation sites (tertiary alicyclic amines) is 1. The van der Waals surface area contributed by atoms with Gasteiger partial charge in [0.1, 0.15) is 0 Å². The molecule has 1 unspecified atom stereocenters. The van der Waals surface area contributed by atoms with Crippen LogP contribution < -0.4 is 5.32 Å². The van der Waals surface area contributed by atoms with Crippen molar-refractivity contribution >= 4 is 21.6 Å². The van der Waals surface area contributed by atoms with E-state index >= 15 is 0 Å². The first-order chi connectivity index (χ1) is 8.70. The Balaban J connectivity index is 1.95. The monoisotopic (exact) mass is 307 g/mol. The number of halogens is 1. The van der Waals surface area contributed by atoms with Crippen LogP contribution in [0, 0.1) is 11.3 Å². The van der Waals surface area contributed by atoms with Crippen LogP contribution in [0.25, 0.3) is 0 Å². The third-order valence-corrected chi connectivity index (χ3v) is 4.20. The fourth-order valence-electron chi connectivity index (χ4n) is 2.36. The molecule has 0 aliphatic carbocycles. The van der Waals surface area contributed by atoms with Crippen LogP contribution in [0.3, 0.4) is 0 Å². The molecule has 1 fully saturated rings. The first-order valence-corrected chi connectivity index (χ1v) is 7.14. The van der Waals surface area contributed by atoms with Gasteiger partial charge in [0.15, 0.2) is 0 Å². The number of rotatable bonds is 3. The van der Waals surface area contributed by atoms with Crippen molar-refractivity contribution in [2.75, 3.05) is 25.5 Å². The third-order valence-electron chi connectivity index (χ3n) is 3.55. The van der Waals surface area contributed by atoms with E-state index in [2.05, 4.69) is 39.3 Å². The molecule has 0 spiro atoms. The van der Waals surface area contributed by atoms with Crippen LogP contribution >= 0.6 is 15.9 Å². The molecule has 0 bridgehead atoms. The van der Waals surface area contributed by atoms with Gasteiger partial charge >= 0.3 is 0 Å². The molecule has 1 heterocycles. The van der Waals surface area contributed by atoms with Crippen molar-refractivity contribution in [1.29, 1.82) is 5.26 Å². The molecule has 1 atom stereocenters. The highest BCUT2D eigenvalue weighted by atomic mass is 79.9. The second kappa shape index (κ2) is 6.21. The van der Waals surface area contributed by atoms with Gasteiger partial charge in [-0.3, -0.25) is 0 Å². The maximum Gasteiger partial charge on any atom is 0.0992 e. The number of nitrogens with zero attached hydrogens (tertiary/aromatic N) is 2. The van der Waals surface area contributed by atoms with Gasteiger partial charge in [0, 0.05) is 22.7 Å². The van der Waals surface area contributed by atoms with Gasteiger partial charge in [0.05, 0.1) is 11.6 Å². The lowest BCUT2D eigenvalue weighted by molar-refractivity contribution is 0.194. The summed E-state index contributed by atoms with van der Waals surface area (Å²) in [7, 11) is 2.19. The molecular weight excluding hydrogens is 290 g/mol. The lowest BCUT2D eigenvalue weighted by Gasteiger charge is -2.32. The smallest absolute Gasteiger partial charge is 0.0992 e. The molecule has 0 radical (unpaired) electrons. The highest BCUT2D eigenvalue weighted by Crippen LogP contribution is 2.24. The summed E-state index contributed by atoms with van der Waals surface area (Å²) in [5.74, 6) is 0. The van der Waals surface area contributed by atoms with E-state index in [9.17, 15) is 0 Å². The minimum Gasteiger partial charge on any atom is -0.383 e. The van der Waals surface area contributed by atoms with Crippen molar-refractivity contribution < 1.29 is 0 Å². The van der Waals surface area contributed by atoms with Crippen molar-refractivity contribution in [3.05, 3.63) is 28.2 Å². The summed E-state index contributed by atoms with van der Waals surface area (Å²) in [4.78, 5) is 2.42. The van der Waals surface area contributed by atoms with E-state index in [0.29, 0.717) is 11.6 Å². The van der Waals surface area contributed by atoms with Crippen LogP contribution in [-0.2, 0) is 0 Å². The summed E-state index contributed by atoms with van der Waals surface area (Å²) in [5, 5.41) is 12.3. The topological polar surface area (TPSA) is 39.1 Å². The van der Waals surface area contributed by atoms with Gasteiger partial charge in [-0.25, -0.2) is 0 Å². The lowest BCUT2D eigenvalue weighted by atomic mass is 10.0. The Kier molecular flexibility index (Phi) is 4.62. The molecule has 18 heavy (non-hydrogen) atoms. The van der Waals surface area contributed by atoms with Gasteiger partial charge in [-0.1, -0.05) is 6.42 Å². The molecular formula is C14H18BrN3. The Labute approximate surface area is 117 Å². The van der Waals surface area contributed by atoms with Crippen LogP contribution in [0.4, 0.5) is 5.69 Å².